The molecule has 0 aliphatic heterocycles. The Kier molecular flexibility index (Phi) is 2.63. The van der Waals surface area contributed by atoms with Crippen LogP contribution in [0, 0.1) is 5.82 Å². The maximum atomic E-state index is 13.7. The highest BCUT2D eigenvalue weighted by Gasteiger charge is 2.32. The van der Waals surface area contributed by atoms with E-state index >= 15 is 0 Å². The molecule has 2 rings (SSSR count). The van der Waals surface area contributed by atoms with Crippen molar-refractivity contribution in [1.29, 1.82) is 0 Å². The molecule has 0 spiro atoms. The molecule has 2 N–H and O–H groups in total. The fourth-order valence-corrected chi connectivity index (χ4v) is 2.47. The summed E-state index contributed by atoms with van der Waals surface area (Å²) in [7, 11) is 0. The van der Waals surface area contributed by atoms with E-state index in [2.05, 4.69) is 11.9 Å². The largest absolute Gasteiger partial charge is 0.397 e. The van der Waals surface area contributed by atoms with Crippen molar-refractivity contribution in [3.05, 3.63) is 23.8 Å². The number of nitrogens with two attached hydrogens (primary N) is 1. The SMILES string of the molecule is CC1(c2ncc(N)cc2F)CCCCC1. The second kappa shape index (κ2) is 3.80. The Morgan fingerprint density at radius 2 is 2.00 bits per heavy atom. The smallest absolute Gasteiger partial charge is 0.147 e. The molecule has 0 aromatic carbocycles. The molecule has 3 heteroatoms. The number of rotatable bonds is 1. The van der Waals surface area contributed by atoms with Gasteiger partial charge in [-0.15, -0.1) is 0 Å². The van der Waals surface area contributed by atoms with Crippen molar-refractivity contribution in [3.8, 4) is 0 Å². The normalized spacial score (nSPS) is 20.1. The summed E-state index contributed by atoms with van der Waals surface area (Å²) in [6, 6.07) is 1.38. The summed E-state index contributed by atoms with van der Waals surface area (Å²) in [5, 5.41) is 0. The average Bonchev–Trinajstić information content (AvgIpc) is 2.18. The maximum absolute atomic E-state index is 13.7. The monoisotopic (exact) mass is 208 g/mol. The summed E-state index contributed by atoms with van der Waals surface area (Å²) in [5.41, 5.74) is 6.40. The van der Waals surface area contributed by atoms with Gasteiger partial charge in [0, 0.05) is 11.5 Å². The quantitative estimate of drug-likeness (QED) is 0.770. The van der Waals surface area contributed by atoms with Crippen LogP contribution in [0.2, 0.25) is 0 Å². The van der Waals surface area contributed by atoms with Crippen LogP contribution < -0.4 is 5.73 Å². The second-order valence-corrected chi connectivity index (χ2v) is 4.72. The number of halogens is 1. The van der Waals surface area contributed by atoms with Gasteiger partial charge in [-0.1, -0.05) is 26.2 Å². The van der Waals surface area contributed by atoms with E-state index in [4.69, 9.17) is 5.73 Å². The fraction of sp³-hybridized carbons (Fsp3) is 0.583. The lowest BCUT2D eigenvalue weighted by Gasteiger charge is -2.33. The summed E-state index contributed by atoms with van der Waals surface area (Å²) in [5.74, 6) is -0.251. The summed E-state index contributed by atoms with van der Waals surface area (Å²) < 4.78 is 13.7. The van der Waals surface area contributed by atoms with E-state index in [1.807, 2.05) is 0 Å². The van der Waals surface area contributed by atoms with E-state index in [-0.39, 0.29) is 11.2 Å². The van der Waals surface area contributed by atoms with Crippen molar-refractivity contribution in [2.75, 3.05) is 5.73 Å². The van der Waals surface area contributed by atoms with Crippen LogP contribution in [0.4, 0.5) is 10.1 Å². The summed E-state index contributed by atoms with van der Waals surface area (Å²) in [4.78, 5) is 4.17. The first-order valence-corrected chi connectivity index (χ1v) is 5.53. The third-order valence-corrected chi connectivity index (χ3v) is 3.39. The molecule has 0 amide bonds. The molecule has 1 aromatic heterocycles. The number of aromatic nitrogens is 1. The van der Waals surface area contributed by atoms with Gasteiger partial charge in [0.15, 0.2) is 0 Å². The van der Waals surface area contributed by atoms with Gasteiger partial charge in [0.05, 0.1) is 17.6 Å². The van der Waals surface area contributed by atoms with Crippen molar-refractivity contribution in [1.82, 2.24) is 4.98 Å². The van der Waals surface area contributed by atoms with Gasteiger partial charge in [0.25, 0.3) is 0 Å². The molecule has 1 aliphatic carbocycles. The molecule has 0 bridgehead atoms. The number of hydrogen-bond donors (Lipinski definition) is 1. The lowest BCUT2D eigenvalue weighted by Crippen LogP contribution is -2.27. The van der Waals surface area contributed by atoms with Gasteiger partial charge in [-0.25, -0.2) is 4.39 Å². The van der Waals surface area contributed by atoms with Crippen LogP contribution in [0.1, 0.15) is 44.7 Å². The van der Waals surface area contributed by atoms with Crippen LogP contribution in [-0.4, -0.2) is 4.98 Å². The third kappa shape index (κ3) is 1.96. The Bertz CT molecular complexity index is 357. The van der Waals surface area contributed by atoms with E-state index in [1.54, 1.807) is 6.20 Å². The van der Waals surface area contributed by atoms with E-state index in [0.29, 0.717) is 11.4 Å². The predicted octanol–water partition coefficient (Wildman–Crippen LogP) is 3.02. The van der Waals surface area contributed by atoms with Gasteiger partial charge in [0.2, 0.25) is 0 Å². The molecule has 1 aliphatic rings. The van der Waals surface area contributed by atoms with Crippen LogP contribution in [-0.2, 0) is 5.41 Å². The van der Waals surface area contributed by atoms with Crippen LogP contribution in [0.5, 0.6) is 0 Å². The molecule has 1 saturated carbocycles. The Balaban J connectivity index is 2.35. The molecule has 15 heavy (non-hydrogen) atoms. The van der Waals surface area contributed by atoms with Crippen molar-refractivity contribution < 1.29 is 4.39 Å². The minimum Gasteiger partial charge on any atom is -0.397 e. The number of nitrogen functional groups attached to an aromatic ring is 1. The van der Waals surface area contributed by atoms with Crippen molar-refractivity contribution in [2.24, 2.45) is 0 Å². The van der Waals surface area contributed by atoms with Crippen LogP contribution in [0.3, 0.4) is 0 Å². The Morgan fingerprint density at radius 3 is 2.60 bits per heavy atom. The van der Waals surface area contributed by atoms with Crippen LogP contribution in [0.15, 0.2) is 12.3 Å². The van der Waals surface area contributed by atoms with Crippen molar-refractivity contribution in [2.45, 2.75) is 44.4 Å². The lowest BCUT2D eigenvalue weighted by atomic mass is 9.73. The number of hydrogen-bond acceptors (Lipinski definition) is 2. The van der Waals surface area contributed by atoms with Gasteiger partial charge in [-0.2, -0.15) is 0 Å². The van der Waals surface area contributed by atoms with Crippen molar-refractivity contribution >= 4 is 5.69 Å². The molecule has 0 unspecified atom stereocenters. The highest BCUT2D eigenvalue weighted by atomic mass is 19.1. The molecule has 0 atom stereocenters. The minimum absolute atomic E-state index is 0.0873. The lowest BCUT2D eigenvalue weighted by molar-refractivity contribution is 0.301. The first-order chi connectivity index (χ1) is 7.12. The summed E-state index contributed by atoms with van der Waals surface area (Å²) >= 11 is 0. The molecular formula is C12H17FN2. The molecule has 1 aromatic rings. The molecule has 1 heterocycles. The number of nitrogens with zero attached hydrogens (tertiary/aromatic N) is 1. The standard InChI is InChI=1S/C12H17FN2/c1-12(5-3-2-4-6-12)11-10(13)7-9(14)8-15-11/h7-8H,2-6,14H2,1H3. The topological polar surface area (TPSA) is 38.9 Å². The highest BCUT2D eigenvalue weighted by Crippen LogP contribution is 2.39. The maximum Gasteiger partial charge on any atom is 0.147 e. The van der Waals surface area contributed by atoms with Gasteiger partial charge in [-0.05, 0) is 12.8 Å². The molecule has 2 nitrogen and oxygen atoms in total. The molecule has 82 valence electrons. The molecule has 0 saturated heterocycles. The van der Waals surface area contributed by atoms with Crippen molar-refractivity contribution in [3.63, 3.8) is 0 Å². The summed E-state index contributed by atoms with van der Waals surface area (Å²) in [6.07, 6.45) is 7.20. The van der Waals surface area contributed by atoms with Gasteiger partial charge in [-0.3, -0.25) is 4.98 Å². The molecular weight excluding hydrogens is 191 g/mol. The second-order valence-electron chi connectivity index (χ2n) is 4.72. The number of anilines is 1. The fourth-order valence-electron chi connectivity index (χ4n) is 2.47. The summed E-state index contributed by atoms with van der Waals surface area (Å²) in [6.45, 7) is 2.10. The van der Waals surface area contributed by atoms with E-state index in [1.165, 1.54) is 25.3 Å². The van der Waals surface area contributed by atoms with E-state index in [9.17, 15) is 4.39 Å². The Hall–Kier alpha value is -1.12. The average molecular weight is 208 g/mol. The predicted molar refractivity (Wildman–Crippen MR) is 59.0 cm³/mol. The zero-order valence-electron chi connectivity index (χ0n) is 9.09. The van der Waals surface area contributed by atoms with Gasteiger partial charge in [0.1, 0.15) is 5.82 Å². The van der Waals surface area contributed by atoms with Crippen LogP contribution in [0.25, 0.3) is 0 Å². The molecule has 0 radical (unpaired) electrons. The van der Waals surface area contributed by atoms with Gasteiger partial charge < -0.3 is 5.73 Å². The number of pyridine rings is 1. The zero-order valence-corrected chi connectivity index (χ0v) is 9.09. The zero-order chi connectivity index (χ0) is 10.9. The van der Waals surface area contributed by atoms with Gasteiger partial charge >= 0.3 is 0 Å². The van der Waals surface area contributed by atoms with E-state index in [0.717, 1.165) is 12.8 Å². The minimum atomic E-state index is -0.251. The highest BCUT2D eigenvalue weighted by molar-refractivity contribution is 5.37. The molecule has 1 fully saturated rings. The Labute approximate surface area is 89.7 Å². The van der Waals surface area contributed by atoms with E-state index < -0.39 is 0 Å². The van der Waals surface area contributed by atoms with Crippen LogP contribution >= 0.6 is 0 Å². The first kappa shape index (κ1) is 10.4. The third-order valence-electron chi connectivity index (χ3n) is 3.39. The Morgan fingerprint density at radius 1 is 1.33 bits per heavy atom. The first-order valence-electron chi connectivity index (χ1n) is 5.53.